The first-order valence-electron chi connectivity index (χ1n) is 12.1. The number of hydrogen-bond acceptors (Lipinski definition) is 4. The van der Waals surface area contributed by atoms with Gasteiger partial charge in [0.1, 0.15) is 0 Å². The third kappa shape index (κ3) is 5.06. The van der Waals surface area contributed by atoms with E-state index in [1.807, 2.05) is 73.7 Å². The average molecular weight is 491 g/mol. The molecule has 4 aromatic carbocycles. The Hall–Kier alpha value is -4.55. The summed E-state index contributed by atoms with van der Waals surface area (Å²) in [5.41, 5.74) is 5.25. The highest BCUT2D eigenvalue weighted by Gasteiger charge is 2.37. The van der Waals surface area contributed by atoms with Gasteiger partial charge >= 0.3 is 0 Å². The Labute approximate surface area is 215 Å². The molecule has 5 rings (SSSR count). The van der Waals surface area contributed by atoms with E-state index in [4.69, 9.17) is 4.74 Å². The molecule has 184 valence electrons. The van der Waals surface area contributed by atoms with Crippen molar-refractivity contribution >= 4 is 23.4 Å². The third-order valence-electron chi connectivity index (χ3n) is 6.43. The summed E-state index contributed by atoms with van der Waals surface area (Å²) >= 11 is 0. The maximum absolute atomic E-state index is 13.1. The van der Waals surface area contributed by atoms with Crippen LogP contribution in [-0.4, -0.2) is 17.7 Å². The van der Waals surface area contributed by atoms with Crippen LogP contribution in [0.25, 0.3) is 0 Å². The number of benzene rings is 4. The van der Waals surface area contributed by atoms with Gasteiger partial charge < -0.3 is 10.1 Å². The first kappa shape index (κ1) is 24.2. The van der Waals surface area contributed by atoms with Crippen LogP contribution in [-0.2, 0) is 24.5 Å². The third-order valence-corrected chi connectivity index (χ3v) is 6.43. The molecule has 0 aromatic heterocycles. The second-order valence-corrected chi connectivity index (χ2v) is 8.92. The lowest BCUT2D eigenvalue weighted by atomic mass is 10.0. The number of rotatable bonds is 8. The first-order valence-corrected chi connectivity index (χ1v) is 12.1. The van der Waals surface area contributed by atoms with Gasteiger partial charge in [0.25, 0.3) is 17.7 Å². The molecule has 1 aliphatic heterocycles. The Morgan fingerprint density at radius 1 is 0.757 bits per heavy atom. The highest BCUT2D eigenvalue weighted by Crippen LogP contribution is 2.31. The first-order chi connectivity index (χ1) is 18.0. The molecular weight excluding hydrogens is 464 g/mol. The standard InChI is InChI=1S/C31H26N2O4/c1-21-9-5-8-14-28(21)33-30(35)26-16-15-23(17-27(26)31(33)36)29(34)32-18-24-12-6-7-13-25(24)20-37-19-22-10-3-2-4-11-22/h2-17H,18-20H2,1H3,(H,32,34). The number of para-hydroxylation sites is 1. The number of ether oxygens (including phenoxy) is 1. The molecule has 37 heavy (non-hydrogen) atoms. The van der Waals surface area contributed by atoms with Gasteiger partial charge in [0.2, 0.25) is 0 Å². The zero-order chi connectivity index (χ0) is 25.8. The van der Waals surface area contributed by atoms with Gasteiger partial charge in [-0.15, -0.1) is 0 Å². The quantitative estimate of drug-likeness (QED) is 0.334. The average Bonchev–Trinajstić information content (AvgIpc) is 3.17. The molecule has 0 bridgehead atoms. The van der Waals surface area contributed by atoms with E-state index in [0.29, 0.717) is 36.6 Å². The Bertz CT molecular complexity index is 1480. The molecule has 0 atom stereocenters. The lowest BCUT2D eigenvalue weighted by Gasteiger charge is -2.16. The Morgan fingerprint density at radius 2 is 1.43 bits per heavy atom. The topological polar surface area (TPSA) is 75.7 Å². The summed E-state index contributed by atoms with van der Waals surface area (Å²) in [4.78, 5) is 40.2. The van der Waals surface area contributed by atoms with Crippen LogP contribution < -0.4 is 10.2 Å². The number of aryl methyl sites for hydroxylation is 1. The normalized spacial score (nSPS) is 12.5. The number of fused-ring (bicyclic) bond motifs is 1. The highest BCUT2D eigenvalue weighted by molar-refractivity contribution is 6.35. The maximum atomic E-state index is 13.1. The van der Waals surface area contributed by atoms with Crippen LogP contribution in [0.3, 0.4) is 0 Å². The number of carbonyl (C=O) groups is 3. The van der Waals surface area contributed by atoms with E-state index in [0.717, 1.165) is 22.3 Å². The fourth-order valence-corrected chi connectivity index (χ4v) is 4.42. The molecule has 6 heteroatoms. The lowest BCUT2D eigenvalue weighted by Crippen LogP contribution is -2.30. The zero-order valence-electron chi connectivity index (χ0n) is 20.4. The minimum absolute atomic E-state index is 0.232. The van der Waals surface area contributed by atoms with Crippen molar-refractivity contribution < 1.29 is 19.1 Å². The molecule has 0 fully saturated rings. The van der Waals surface area contributed by atoms with Crippen molar-refractivity contribution in [3.05, 3.63) is 136 Å². The van der Waals surface area contributed by atoms with E-state index in [2.05, 4.69) is 5.32 Å². The van der Waals surface area contributed by atoms with Gasteiger partial charge in [-0.3, -0.25) is 14.4 Å². The van der Waals surface area contributed by atoms with Crippen molar-refractivity contribution in [1.82, 2.24) is 5.32 Å². The molecule has 4 aromatic rings. The molecule has 0 unspecified atom stereocenters. The second kappa shape index (κ2) is 10.6. The number of amides is 3. The van der Waals surface area contributed by atoms with Crippen LogP contribution in [0.2, 0.25) is 0 Å². The summed E-state index contributed by atoms with van der Waals surface area (Å²) in [7, 11) is 0. The number of hydrogen-bond donors (Lipinski definition) is 1. The van der Waals surface area contributed by atoms with Crippen LogP contribution in [0, 0.1) is 6.92 Å². The summed E-state index contributed by atoms with van der Waals surface area (Å²) in [6.07, 6.45) is 0. The van der Waals surface area contributed by atoms with Gasteiger partial charge in [0.05, 0.1) is 30.0 Å². The highest BCUT2D eigenvalue weighted by atomic mass is 16.5. The van der Waals surface area contributed by atoms with E-state index >= 15 is 0 Å². The van der Waals surface area contributed by atoms with Gasteiger partial charge in [-0.1, -0.05) is 72.8 Å². The molecule has 0 saturated carbocycles. The summed E-state index contributed by atoms with van der Waals surface area (Å²) in [6, 6.07) is 29.6. The van der Waals surface area contributed by atoms with Gasteiger partial charge in [-0.05, 0) is 53.4 Å². The van der Waals surface area contributed by atoms with Crippen LogP contribution in [0.5, 0.6) is 0 Å². The number of carbonyl (C=O) groups excluding carboxylic acids is 3. The smallest absolute Gasteiger partial charge is 0.266 e. The van der Waals surface area contributed by atoms with Crippen molar-refractivity contribution in [2.75, 3.05) is 4.90 Å². The number of anilines is 1. The van der Waals surface area contributed by atoms with Crippen LogP contribution in [0.4, 0.5) is 5.69 Å². The second-order valence-electron chi connectivity index (χ2n) is 8.92. The van der Waals surface area contributed by atoms with Crippen LogP contribution in [0.15, 0.2) is 97.1 Å². The largest absolute Gasteiger partial charge is 0.372 e. The van der Waals surface area contributed by atoms with Crippen molar-refractivity contribution in [3.8, 4) is 0 Å². The molecule has 1 N–H and O–H groups in total. The van der Waals surface area contributed by atoms with Crippen molar-refractivity contribution in [2.45, 2.75) is 26.7 Å². The van der Waals surface area contributed by atoms with E-state index in [-0.39, 0.29) is 17.4 Å². The van der Waals surface area contributed by atoms with E-state index in [1.54, 1.807) is 24.3 Å². The Morgan fingerprint density at radius 3 is 2.22 bits per heavy atom. The molecular formula is C31H26N2O4. The van der Waals surface area contributed by atoms with Gasteiger partial charge in [-0.25, -0.2) is 4.90 Å². The summed E-state index contributed by atoms with van der Waals surface area (Å²) in [5.74, 6) is -1.13. The fraction of sp³-hybridized carbons (Fsp3) is 0.129. The number of nitrogens with zero attached hydrogens (tertiary/aromatic N) is 1. The van der Waals surface area contributed by atoms with E-state index in [9.17, 15) is 14.4 Å². The fourth-order valence-electron chi connectivity index (χ4n) is 4.42. The molecule has 0 spiro atoms. The molecule has 0 aliphatic carbocycles. The van der Waals surface area contributed by atoms with Crippen LogP contribution >= 0.6 is 0 Å². The molecule has 1 heterocycles. The van der Waals surface area contributed by atoms with Gasteiger partial charge in [0, 0.05) is 12.1 Å². The number of imide groups is 1. The predicted octanol–water partition coefficient (Wildman–Crippen LogP) is 5.44. The SMILES string of the molecule is Cc1ccccc1N1C(=O)c2ccc(C(=O)NCc3ccccc3COCc3ccccc3)cc2C1=O. The van der Waals surface area contributed by atoms with Crippen LogP contribution in [0.1, 0.15) is 53.3 Å². The Balaban J connectivity index is 1.26. The van der Waals surface area contributed by atoms with Crippen molar-refractivity contribution in [3.63, 3.8) is 0 Å². The zero-order valence-corrected chi connectivity index (χ0v) is 20.4. The van der Waals surface area contributed by atoms with E-state index < -0.39 is 5.91 Å². The predicted molar refractivity (Wildman–Crippen MR) is 141 cm³/mol. The summed E-state index contributed by atoms with van der Waals surface area (Å²) in [5, 5.41) is 2.93. The van der Waals surface area contributed by atoms with Crippen molar-refractivity contribution in [1.29, 1.82) is 0 Å². The molecule has 0 radical (unpaired) electrons. The minimum Gasteiger partial charge on any atom is -0.372 e. The maximum Gasteiger partial charge on any atom is 0.266 e. The lowest BCUT2D eigenvalue weighted by molar-refractivity contribution is 0.0923. The molecule has 1 aliphatic rings. The van der Waals surface area contributed by atoms with Gasteiger partial charge in [0.15, 0.2) is 0 Å². The Kier molecular flexibility index (Phi) is 6.92. The molecule has 0 saturated heterocycles. The minimum atomic E-state index is -0.426. The monoisotopic (exact) mass is 490 g/mol. The van der Waals surface area contributed by atoms with Crippen molar-refractivity contribution in [2.24, 2.45) is 0 Å². The molecule has 3 amide bonds. The summed E-state index contributed by atoms with van der Waals surface area (Å²) < 4.78 is 5.88. The summed E-state index contributed by atoms with van der Waals surface area (Å²) in [6.45, 7) is 3.08. The van der Waals surface area contributed by atoms with Gasteiger partial charge in [-0.2, -0.15) is 0 Å². The van der Waals surface area contributed by atoms with E-state index in [1.165, 1.54) is 11.0 Å². The number of nitrogens with one attached hydrogen (secondary N) is 1. The molecule has 6 nitrogen and oxygen atoms in total.